The molecule has 1 saturated carbocycles. The summed E-state index contributed by atoms with van der Waals surface area (Å²) in [5, 5.41) is 11.0. The molecule has 1 amide bonds. The minimum atomic E-state index is 0.273. The van der Waals surface area contributed by atoms with E-state index in [1.807, 2.05) is 21.8 Å². The number of carbonyl (C=O) groups is 1. The van der Waals surface area contributed by atoms with E-state index in [2.05, 4.69) is 27.6 Å². The summed E-state index contributed by atoms with van der Waals surface area (Å²) in [5.74, 6) is 1.46. The second-order valence-electron chi connectivity index (χ2n) is 6.93. The number of carbonyl (C=O) groups excluding carboxylic acids is 1. The fourth-order valence-electron chi connectivity index (χ4n) is 3.72. The van der Waals surface area contributed by atoms with Gasteiger partial charge in [-0.3, -0.25) is 14.5 Å². The van der Waals surface area contributed by atoms with Crippen LogP contribution in [0.1, 0.15) is 39.0 Å². The standard InChI is InChI=1S/C18H30N6O/c1-2-19-18(20-10-13-24-11-5-9-21-24)22-16-8-12-23(14-16)17(25)15-6-3-4-7-15/h5,9,11,15-16H,2-4,6-8,10,12-14H2,1H3,(H2,19,20,22). The van der Waals surface area contributed by atoms with Crippen molar-refractivity contribution in [1.29, 1.82) is 0 Å². The van der Waals surface area contributed by atoms with Crippen LogP contribution < -0.4 is 10.6 Å². The summed E-state index contributed by atoms with van der Waals surface area (Å²) in [6, 6.07) is 2.20. The predicted molar refractivity (Wildman–Crippen MR) is 98.3 cm³/mol. The molecule has 0 aromatic carbocycles. The Labute approximate surface area is 149 Å². The molecular formula is C18H30N6O. The van der Waals surface area contributed by atoms with Crippen molar-refractivity contribution in [2.75, 3.05) is 26.2 Å². The highest BCUT2D eigenvalue weighted by Crippen LogP contribution is 2.27. The molecule has 7 nitrogen and oxygen atoms in total. The first-order valence-corrected chi connectivity index (χ1v) is 9.57. The molecule has 0 spiro atoms. The average Bonchev–Trinajstić information content (AvgIpc) is 3.37. The lowest BCUT2D eigenvalue weighted by Crippen LogP contribution is -2.45. The number of aliphatic imine (C=N–C) groups is 1. The smallest absolute Gasteiger partial charge is 0.225 e. The zero-order valence-corrected chi connectivity index (χ0v) is 15.2. The van der Waals surface area contributed by atoms with Crippen molar-refractivity contribution in [2.45, 2.75) is 51.6 Å². The molecule has 0 radical (unpaired) electrons. The number of rotatable bonds is 6. The number of guanidine groups is 1. The maximum absolute atomic E-state index is 12.6. The van der Waals surface area contributed by atoms with Gasteiger partial charge in [0.15, 0.2) is 5.96 Å². The Hall–Kier alpha value is -2.05. The molecule has 1 aromatic rings. The Kier molecular flexibility index (Phi) is 6.30. The number of nitrogens with one attached hydrogen (secondary N) is 2. The summed E-state index contributed by atoms with van der Waals surface area (Å²) in [4.78, 5) is 19.2. The number of likely N-dealkylation sites (tertiary alicyclic amines) is 1. The van der Waals surface area contributed by atoms with E-state index < -0.39 is 0 Å². The summed E-state index contributed by atoms with van der Waals surface area (Å²) in [7, 11) is 0. The third-order valence-electron chi connectivity index (χ3n) is 5.05. The van der Waals surface area contributed by atoms with Crippen molar-refractivity contribution in [3.05, 3.63) is 18.5 Å². The monoisotopic (exact) mass is 346 g/mol. The fraction of sp³-hybridized carbons (Fsp3) is 0.722. The van der Waals surface area contributed by atoms with E-state index in [-0.39, 0.29) is 12.0 Å². The Bertz CT molecular complexity index is 564. The van der Waals surface area contributed by atoms with Gasteiger partial charge in [0.1, 0.15) is 0 Å². The molecule has 7 heteroatoms. The van der Waals surface area contributed by atoms with E-state index in [0.717, 1.165) is 51.4 Å². The Morgan fingerprint density at radius 3 is 2.88 bits per heavy atom. The number of hydrogen-bond donors (Lipinski definition) is 2. The highest BCUT2D eigenvalue weighted by atomic mass is 16.2. The van der Waals surface area contributed by atoms with Crippen molar-refractivity contribution in [3.63, 3.8) is 0 Å². The zero-order valence-electron chi connectivity index (χ0n) is 15.2. The van der Waals surface area contributed by atoms with Gasteiger partial charge < -0.3 is 15.5 Å². The Morgan fingerprint density at radius 2 is 2.16 bits per heavy atom. The van der Waals surface area contributed by atoms with Gasteiger partial charge in [-0.1, -0.05) is 12.8 Å². The van der Waals surface area contributed by atoms with Crippen LogP contribution in [-0.2, 0) is 11.3 Å². The van der Waals surface area contributed by atoms with Gasteiger partial charge in [0.25, 0.3) is 0 Å². The molecule has 25 heavy (non-hydrogen) atoms. The normalized spacial score (nSPS) is 21.7. The first-order chi connectivity index (χ1) is 12.3. The van der Waals surface area contributed by atoms with Crippen LogP contribution in [0.4, 0.5) is 0 Å². The topological polar surface area (TPSA) is 74.6 Å². The summed E-state index contributed by atoms with van der Waals surface area (Å²) >= 11 is 0. The lowest BCUT2D eigenvalue weighted by Gasteiger charge is -2.21. The summed E-state index contributed by atoms with van der Waals surface area (Å²) in [5.41, 5.74) is 0. The van der Waals surface area contributed by atoms with Crippen LogP contribution >= 0.6 is 0 Å². The van der Waals surface area contributed by atoms with Gasteiger partial charge in [-0.05, 0) is 32.3 Å². The zero-order chi connectivity index (χ0) is 17.5. The van der Waals surface area contributed by atoms with Gasteiger partial charge in [0, 0.05) is 44.0 Å². The third-order valence-corrected chi connectivity index (χ3v) is 5.05. The summed E-state index contributed by atoms with van der Waals surface area (Å²) in [6.07, 6.45) is 9.28. The van der Waals surface area contributed by atoms with Crippen LogP contribution in [0.5, 0.6) is 0 Å². The predicted octanol–water partition coefficient (Wildman–Crippen LogP) is 1.23. The van der Waals surface area contributed by atoms with Gasteiger partial charge in [-0.2, -0.15) is 5.10 Å². The highest BCUT2D eigenvalue weighted by Gasteiger charge is 2.32. The van der Waals surface area contributed by atoms with E-state index >= 15 is 0 Å². The SMILES string of the molecule is CCNC(=NCCn1cccn1)NC1CCN(C(=O)C2CCCC2)C1. The van der Waals surface area contributed by atoms with Gasteiger partial charge >= 0.3 is 0 Å². The van der Waals surface area contributed by atoms with Crippen molar-refractivity contribution < 1.29 is 4.79 Å². The molecular weight excluding hydrogens is 316 g/mol. The Balaban J connectivity index is 1.47. The van der Waals surface area contributed by atoms with Crippen molar-refractivity contribution in [1.82, 2.24) is 25.3 Å². The Morgan fingerprint density at radius 1 is 1.32 bits per heavy atom. The van der Waals surface area contributed by atoms with E-state index in [4.69, 9.17) is 0 Å². The van der Waals surface area contributed by atoms with E-state index in [1.54, 1.807) is 6.20 Å². The molecule has 2 N–H and O–H groups in total. The van der Waals surface area contributed by atoms with Gasteiger partial charge in [-0.15, -0.1) is 0 Å². The molecule has 2 fully saturated rings. The molecule has 1 saturated heterocycles. The molecule has 1 atom stereocenters. The molecule has 1 aliphatic carbocycles. The molecule has 0 bridgehead atoms. The van der Waals surface area contributed by atoms with Crippen LogP contribution in [0, 0.1) is 5.92 Å². The quantitative estimate of drug-likeness (QED) is 0.600. The van der Waals surface area contributed by atoms with Gasteiger partial charge in [-0.25, -0.2) is 0 Å². The van der Waals surface area contributed by atoms with Crippen molar-refractivity contribution in [3.8, 4) is 0 Å². The number of hydrogen-bond acceptors (Lipinski definition) is 3. The third kappa shape index (κ3) is 4.96. The number of nitrogens with zero attached hydrogens (tertiary/aromatic N) is 4. The minimum Gasteiger partial charge on any atom is -0.357 e. The second-order valence-corrected chi connectivity index (χ2v) is 6.93. The summed E-state index contributed by atoms with van der Waals surface area (Å²) < 4.78 is 1.88. The largest absolute Gasteiger partial charge is 0.357 e. The molecule has 1 aromatic heterocycles. The molecule has 2 aliphatic rings. The second kappa shape index (κ2) is 8.87. The van der Waals surface area contributed by atoms with E-state index in [0.29, 0.717) is 12.5 Å². The molecule has 138 valence electrons. The lowest BCUT2D eigenvalue weighted by molar-refractivity contribution is -0.134. The van der Waals surface area contributed by atoms with Gasteiger partial charge in [0.05, 0.1) is 13.1 Å². The minimum absolute atomic E-state index is 0.273. The van der Waals surface area contributed by atoms with Crippen molar-refractivity contribution >= 4 is 11.9 Å². The van der Waals surface area contributed by atoms with E-state index in [9.17, 15) is 4.79 Å². The fourth-order valence-corrected chi connectivity index (χ4v) is 3.72. The van der Waals surface area contributed by atoms with Crippen LogP contribution in [0.3, 0.4) is 0 Å². The van der Waals surface area contributed by atoms with E-state index in [1.165, 1.54) is 12.8 Å². The first kappa shape index (κ1) is 17.8. The van der Waals surface area contributed by atoms with Gasteiger partial charge in [0.2, 0.25) is 5.91 Å². The maximum atomic E-state index is 12.6. The van der Waals surface area contributed by atoms with Crippen LogP contribution in [0.15, 0.2) is 23.5 Å². The van der Waals surface area contributed by atoms with Crippen LogP contribution in [0.25, 0.3) is 0 Å². The highest BCUT2D eigenvalue weighted by molar-refractivity contribution is 5.81. The first-order valence-electron chi connectivity index (χ1n) is 9.57. The molecule has 2 heterocycles. The molecule has 1 aliphatic heterocycles. The number of aromatic nitrogens is 2. The van der Waals surface area contributed by atoms with Crippen LogP contribution in [-0.4, -0.2) is 58.8 Å². The average molecular weight is 346 g/mol. The lowest BCUT2D eigenvalue weighted by atomic mass is 10.1. The summed E-state index contributed by atoms with van der Waals surface area (Å²) in [6.45, 7) is 5.98. The van der Waals surface area contributed by atoms with Crippen LogP contribution in [0.2, 0.25) is 0 Å². The maximum Gasteiger partial charge on any atom is 0.225 e. The number of amides is 1. The molecule has 3 rings (SSSR count). The van der Waals surface area contributed by atoms with Crippen molar-refractivity contribution in [2.24, 2.45) is 10.9 Å². The molecule has 1 unspecified atom stereocenters.